The molecule has 1 aliphatic rings. The topological polar surface area (TPSA) is 17.0 Å². The van der Waals surface area contributed by atoms with Crippen LogP contribution in [0.15, 0.2) is 54.6 Å². The van der Waals surface area contributed by atoms with Gasteiger partial charge in [0.1, 0.15) is 0 Å². The molecule has 0 saturated heterocycles. The molecule has 23 heavy (non-hydrogen) atoms. The van der Waals surface area contributed by atoms with Gasteiger partial charge in [0.15, 0.2) is 0 Å². The van der Waals surface area contributed by atoms with Crippen LogP contribution in [0.3, 0.4) is 0 Å². The standard InChI is InChI=1S/C19H16Cl2N2/c20-15-7-5-13(6-8-15)19-11-14-12-22-10-9-17(14)23(19)18-4-2-1-3-16(18)21/h1-8,11,22H,9-10,12H2. The average Bonchev–Trinajstić information content (AvgIpc) is 2.95. The number of nitrogens with zero attached hydrogens (tertiary/aromatic N) is 1. The summed E-state index contributed by atoms with van der Waals surface area (Å²) in [5.41, 5.74) is 6.00. The molecule has 4 heteroatoms. The molecule has 1 aliphatic heterocycles. The van der Waals surface area contributed by atoms with E-state index in [2.05, 4.69) is 34.1 Å². The molecule has 2 aromatic carbocycles. The molecule has 0 radical (unpaired) electrons. The highest BCUT2D eigenvalue weighted by atomic mass is 35.5. The van der Waals surface area contributed by atoms with Crippen molar-refractivity contribution in [3.63, 3.8) is 0 Å². The first-order chi connectivity index (χ1) is 11.2. The van der Waals surface area contributed by atoms with Crippen LogP contribution < -0.4 is 5.32 Å². The summed E-state index contributed by atoms with van der Waals surface area (Å²) in [5.74, 6) is 0. The van der Waals surface area contributed by atoms with Crippen LogP contribution in [-0.2, 0) is 13.0 Å². The predicted octanol–water partition coefficient (Wildman–Crippen LogP) is 5.10. The molecule has 0 unspecified atom stereocenters. The van der Waals surface area contributed by atoms with Crippen LogP contribution in [0.1, 0.15) is 11.3 Å². The maximum atomic E-state index is 6.49. The molecular formula is C19H16Cl2N2. The fourth-order valence-electron chi connectivity index (χ4n) is 3.20. The minimum Gasteiger partial charge on any atom is -0.312 e. The van der Waals surface area contributed by atoms with Crippen LogP contribution in [0.25, 0.3) is 16.9 Å². The summed E-state index contributed by atoms with van der Waals surface area (Å²) in [6.45, 7) is 1.88. The molecule has 2 nitrogen and oxygen atoms in total. The van der Waals surface area contributed by atoms with E-state index in [1.54, 1.807) is 0 Å². The molecule has 0 bridgehead atoms. The van der Waals surface area contributed by atoms with E-state index in [9.17, 15) is 0 Å². The zero-order chi connectivity index (χ0) is 15.8. The number of rotatable bonds is 2. The molecule has 3 aromatic rings. The summed E-state index contributed by atoms with van der Waals surface area (Å²) in [7, 11) is 0. The molecule has 4 rings (SSSR count). The van der Waals surface area contributed by atoms with Gasteiger partial charge in [0.25, 0.3) is 0 Å². The Morgan fingerprint density at radius 3 is 2.52 bits per heavy atom. The Kier molecular flexibility index (Phi) is 3.90. The van der Waals surface area contributed by atoms with E-state index in [0.29, 0.717) is 0 Å². The third-order valence-corrected chi connectivity index (χ3v) is 4.85. The van der Waals surface area contributed by atoms with Gasteiger partial charge in [-0.15, -0.1) is 0 Å². The molecule has 2 heterocycles. The van der Waals surface area contributed by atoms with E-state index in [0.717, 1.165) is 46.5 Å². The SMILES string of the molecule is Clc1ccc(-c2cc3c(n2-c2ccccc2Cl)CCNC3)cc1. The highest BCUT2D eigenvalue weighted by molar-refractivity contribution is 6.32. The van der Waals surface area contributed by atoms with Gasteiger partial charge in [-0.25, -0.2) is 0 Å². The second-order valence-electron chi connectivity index (χ2n) is 5.72. The van der Waals surface area contributed by atoms with E-state index in [-0.39, 0.29) is 0 Å². The van der Waals surface area contributed by atoms with Crippen LogP contribution in [-0.4, -0.2) is 11.1 Å². The molecule has 1 N–H and O–H groups in total. The Labute approximate surface area is 145 Å². The van der Waals surface area contributed by atoms with Crippen LogP contribution >= 0.6 is 23.2 Å². The van der Waals surface area contributed by atoms with Crippen molar-refractivity contribution < 1.29 is 0 Å². The first-order valence-electron chi connectivity index (χ1n) is 7.69. The Morgan fingerprint density at radius 1 is 0.957 bits per heavy atom. The zero-order valence-corrected chi connectivity index (χ0v) is 14.0. The third-order valence-electron chi connectivity index (χ3n) is 4.28. The fourth-order valence-corrected chi connectivity index (χ4v) is 3.54. The van der Waals surface area contributed by atoms with Gasteiger partial charge in [-0.05, 0) is 41.5 Å². The fraction of sp³-hybridized carbons (Fsp3) is 0.158. The van der Waals surface area contributed by atoms with Crippen molar-refractivity contribution in [3.05, 3.63) is 75.9 Å². The minimum atomic E-state index is 0.746. The number of para-hydroxylation sites is 1. The van der Waals surface area contributed by atoms with E-state index < -0.39 is 0 Å². The van der Waals surface area contributed by atoms with Crippen molar-refractivity contribution in [1.29, 1.82) is 0 Å². The molecular weight excluding hydrogens is 327 g/mol. The molecule has 116 valence electrons. The summed E-state index contributed by atoms with van der Waals surface area (Å²) in [6.07, 6.45) is 0.994. The predicted molar refractivity (Wildman–Crippen MR) is 96.6 cm³/mol. The van der Waals surface area contributed by atoms with Gasteiger partial charge < -0.3 is 9.88 Å². The normalized spacial score (nSPS) is 13.8. The van der Waals surface area contributed by atoms with Crippen molar-refractivity contribution in [2.45, 2.75) is 13.0 Å². The molecule has 0 aliphatic carbocycles. The van der Waals surface area contributed by atoms with Crippen LogP contribution in [0, 0.1) is 0 Å². The van der Waals surface area contributed by atoms with Gasteiger partial charge in [-0.1, -0.05) is 47.5 Å². The second-order valence-corrected chi connectivity index (χ2v) is 6.57. The summed E-state index contributed by atoms with van der Waals surface area (Å²) in [4.78, 5) is 0. The van der Waals surface area contributed by atoms with Crippen molar-refractivity contribution in [3.8, 4) is 16.9 Å². The maximum Gasteiger partial charge on any atom is 0.0646 e. The summed E-state index contributed by atoms with van der Waals surface area (Å²) < 4.78 is 2.29. The molecule has 0 saturated carbocycles. The van der Waals surface area contributed by atoms with Crippen LogP contribution in [0.5, 0.6) is 0 Å². The summed E-state index contributed by atoms with van der Waals surface area (Å²) >= 11 is 12.5. The largest absolute Gasteiger partial charge is 0.312 e. The first kappa shape index (κ1) is 14.8. The summed E-state index contributed by atoms with van der Waals surface area (Å²) in [5, 5.41) is 4.95. The number of halogens is 2. The lowest BCUT2D eigenvalue weighted by molar-refractivity contribution is 0.628. The van der Waals surface area contributed by atoms with Gasteiger partial charge in [0, 0.05) is 30.2 Å². The lowest BCUT2D eigenvalue weighted by Gasteiger charge is -2.19. The molecule has 0 spiro atoms. The van der Waals surface area contributed by atoms with Crippen molar-refractivity contribution in [2.24, 2.45) is 0 Å². The van der Waals surface area contributed by atoms with Gasteiger partial charge >= 0.3 is 0 Å². The van der Waals surface area contributed by atoms with Gasteiger partial charge in [-0.3, -0.25) is 0 Å². The Hall–Kier alpha value is -1.74. The lowest BCUT2D eigenvalue weighted by atomic mass is 10.1. The van der Waals surface area contributed by atoms with Gasteiger partial charge in [0.05, 0.1) is 16.4 Å². The van der Waals surface area contributed by atoms with Crippen LogP contribution in [0.4, 0.5) is 0 Å². The quantitative estimate of drug-likeness (QED) is 0.685. The van der Waals surface area contributed by atoms with E-state index >= 15 is 0 Å². The van der Waals surface area contributed by atoms with Crippen molar-refractivity contribution >= 4 is 23.2 Å². The highest BCUT2D eigenvalue weighted by Crippen LogP contribution is 2.34. The minimum absolute atomic E-state index is 0.746. The number of benzene rings is 2. The van der Waals surface area contributed by atoms with E-state index in [1.165, 1.54) is 11.3 Å². The molecule has 1 aromatic heterocycles. The zero-order valence-electron chi connectivity index (χ0n) is 12.5. The Morgan fingerprint density at radius 2 is 1.74 bits per heavy atom. The van der Waals surface area contributed by atoms with Gasteiger partial charge in [-0.2, -0.15) is 0 Å². The number of fused-ring (bicyclic) bond motifs is 1. The molecule has 0 amide bonds. The lowest BCUT2D eigenvalue weighted by Crippen LogP contribution is -2.24. The van der Waals surface area contributed by atoms with Crippen molar-refractivity contribution in [2.75, 3.05) is 6.54 Å². The van der Waals surface area contributed by atoms with Crippen LogP contribution in [0.2, 0.25) is 10.0 Å². The number of hydrogen-bond acceptors (Lipinski definition) is 1. The highest BCUT2D eigenvalue weighted by Gasteiger charge is 2.21. The first-order valence-corrected chi connectivity index (χ1v) is 8.44. The average molecular weight is 343 g/mol. The Bertz CT molecular complexity index is 850. The Balaban J connectivity index is 1.97. The maximum absolute atomic E-state index is 6.49. The van der Waals surface area contributed by atoms with Crippen molar-refractivity contribution in [1.82, 2.24) is 9.88 Å². The van der Waals surface area contributed by atoms with E-state index in [1.807, 2.05) is 30.3 Å². The van der Waals surface area contributed by atoms with E-state index in [4.69, 9.17) is 23.2 Å². The second kappa shape index (κ2) is 6.04. The number of hydrogen-bond donors (Lipinski definition) is 1. The van der Waals surface area contributed by atoms with Gasteiger partial charge in [0.2, 0.25) is 0 Å². The molecule has 0 atom stereocenters. The molecule has 0 fully saturated rings. The monoisotopic (exact) mass is 342 g/mol. The summed E-state index contributed by atoms with van der Waals surface area (Å²) in [6, 6.07) is 18.2. The number of nitrogens with one attached hydrogen (secondary N) is 1. The number of aromatic nitrogens is 1. The smallest absolute Gasteiger partial charge is 0.0646 e. The third kappa shape index (κ3) is 2.67.